The lowest BCUT2D eigenvalue weighted by Crippen LogP contribution is -2.08. The first kappa shape index (κ1) is 16.0. The van der Waals surface area contributed by atoms with E-state index >= 15 is 0 Å². The van der Waals surface area contributed by atoms with Gasteiger partial charge in [0.05, 0.1) is 6.61 Å². The molecule has 1 aromatic carbocycles. The molecule has 0 fully saturated rings. The van der Waals surface area contributed by atoms with Crippen LogP contribution in [0.15, 0.2) is 18.2 Å². The standard InChI is InChI=1S/C17H29NO/c1-5-10-19-17-7-6-15(11-14(4)8-9-18)12-16(17)13(2)3/h6-7,12-14H,5,8-11,18H2,1-4H3. The van der Waals surface area contributed by atoms with Crippen molar-refractivity contribution < 1.29 is 4.74 Å². The molecule has 0 aliphatic carbocycles. The molecule has 2 nitrogen and oxygen atoms in total. The molecule has 0 amide bonds. The molecule has 0 aliphatic heterocycles. The van der Waals surface area contributed by atoms with E-state index in [1.54, 1.807) is 0 Å². The molecule has 19 heavy (non-hydrogen) atoms. The minimum absolute atomic E-state index is 0.497. The van der Waals surface area contributed by atoms with Crippen LogP contribution in [-0.2, 0) is 6.42 Å². The van der Waals surface area contributed by atoms with Crippen LogP contribution in [0.2, 0.25) is 0 Å². The molecule has 0 bridgehead atoms. The predicted octanol–water partition coefficient (Wildman–Crippen LogP) is 4.13. The second-order valence-electron chi connectivity index (χ2n) is 5.76. The van der Waals surface area contributed by atoms with E-state index < -0.39 is 0 Å². The fourth-order valence-electron chi connectivity index (χ4n) is 2.31. The maximum absolute atomic E-state index is 5.84. The summed E-state index contributed by atoms with van der Waals surface area (Å²) in [7, 11) is 0. The Labute approximate surface area is 118 Å². The van der Waals surface area contributed by atoms with Crippen molar-refractivity contribution in [3.05, 3.63) is 29.3 Å². The Morgan fingerprint density at radius 2 is 1.95 bits per heavy atom. The zero-order chi connectivity index (χ0) is 14.3. The van der Waals surface area contributed by atoms with E-state index in [9.17, 15) is 0 Å². The van der Waals surface area contributed by atoms with Gasteiger partial charge in [-0.1, -0.05) is 39.8 Å². The van der Waals surface area contributed by atoms with Crippen molar-refractivity contribution in [2.75, 3.05) is 13.2 Å². The van der Waals surface area contributed by atoms with Crippen molar-refractivity contribution in [2.24, 2.45) is 11.7 Å². The van der Waals surface area contributed by atoms with E-state index in [0.717, 1.165) is 38.2 Å². The van der Waals surface area contributed by atoms with Gasteiger partial charge in [0.15, 0.2) is 0 Å². The highest BCUT2D eigenvalue weighted by atomic mass is 16.5. The second kappa shape index (κ2) is 8.21. The summed E-state index contributed by atoms with van der Waals surface area (Å²) in [6.45, 7) is 10.4. The monoisotopic (exact) mass is 263 g/mol. The average molecular weight is 263 g/mol. The zero-order valence-corrected chi connectivity index (χ0v) is 12.9. The number of rotatable bonds is 8. The Morgan fingerprint density at radius 3 is 2.53 bits per heavy atom. The molecule has 1 rings (SSSR count). The molecule has 1 unspecified atom stereocenters. The van der Waals surface area contributed by atoms with Crippen LogP contribution in [0.1, 0.15) is 57.6 Å². The first-order valence-corrected chi connectivity index (χ1v) is 7.54. The maximum Gasteiger partial charge on any atom is 0.122 e. The molecule has 2 heteroatoms. The largest absolute Gasteiger partial charge is 0.493 e. The van der Waals surface area contributed by atoms with Gasteiger partial charge in [-0.05, 0) is 54.8 Å². The van der Waals surface area contributed by atoms with Gasteiger partial charge in [-0.15, -0.1) is 0 Å². The van der Waals surface area contributed by atoms with Crippen molar-refractivity contribution in [3.8, 4) is 5.75 Å². The van der Waals surface area contributed by atoms with Crippen LogP contribution in [0, 0.1) is 5.92 Å². The fourth-order valence-corrected chi connectivity index (χ4v) is 2.31. The van der Waals surface area contributed by atoms with E-state index in [1.807, 2.05) is 0 Å². The summed E-state index contributed by atoms with van der Waals surface area (Å²) >= 11 is 0. The van der Waals surface area contributed by atoms with Crippen LogP contribution >= 0.6 is 0 Å². The average Bonchev–Trinajstić information content (AvgIpc) is 2.37. The number of nitrogens with two attached hydrogens (primary N) is 1. The summed E-state index contributed by atoms with van der Waals surface area (Å²) < 4.78 is 5.84. The molecule has 108 valence electrons. The molecular weight excluding hydrogens is 234 g/mol. The van der Waals surface area contributed by atoms with Gasteiger partial charge in [-0.25, -0.2) is 0 Å². The van der Waals surface area contributed by atoms with Crippen LogP contribution in [0.5, 0.6) is 5.75 Å². The van der Waals surface area contributed by atoms with Gasteiger partial charge in [0, 0.05) is 0 Å². The summed E-state index contributed by atoms with van der Waals surface area (Å²) in [4.78, 5) is 0. The molecule has 1 atom stereocenters. The Kier molecular flexibility index (Phi) is 6.93. The molecule has 0 heterocycles. The van der Waals surface area contributed by atoms with Crippen LogP contribution in [0.25, 0.3) is 0 Å². The third-order valence-electron chi connectivity index (χ3n) is 3.40. The summed E-state index contributed by atoms with van der Waals surface area (Å²) in [6.07, 6.45) is 3.24. The smallest absolute Gasteiger partial charge is 0.122 e. The fraction of sp³-hybridized carbons (Fsp3) is 0.647. The lowest BCUT2D eigenvalue weighted by molar-refractivity contribution is 0.313. The normalized spacial score (nSPS) is 12.7. The van der Waals surface area contributed by atoms with Gasteiger partial charge < -0.3 is 10.5 Å². The molecule has 0 spiro atoms. The van der Waals surface area contributed by atoms with Crippen LogP contribution in [-0.4, -0.2) is 13.2 Å². The van der Waals surface area contributed by atoms with Gasteiger partial charge in [-0.3, -0.25) is 0 Å². The Hall–Kier alpha value is -1.02. The van der Waals surface area contributed by atoms with E-state index in [-0.39, 0.29) is 0 Å². The molecule has 2 N–H and O–H groups in total. The summed E-state index contributed by atoms with van der Waals surface area (Å²) in [5.41, 5.74) is 8.34. The highest BCUT2D eigenvalue weighted by molar-refractivity contribution is 5.39. The highest BCUT2D eigenvalue weighted by Crippen LogP contribution is 2.28. The quantitative estimate of drug-likeness (QED) is 0.765. The maximum atomic E-state index is 5.84. The Morgan fingerprint density at radius 1 is 1.21 bits per heavy atom. The highest BCUT2D eigenvalue weighted by Gasteiger charge is 2.10. The van der Waals surface area contributed by atoms with Crippen molar-refractivity contribution in [1.29, 1.82) is 0 Å². The molecule has 0 saturated heterocycles. The minimum atomic E-state index is 0.497. The summed E-state index contributed by atoms with van der Waals surface area (Å²) in [5, 5.41) is 0. The molecule has 0 aliphatic rings. The van der Waals surface area contributed by atoms with Gasteiger partial charge >= 0.3 is 0 Å². The van der Waals surface area contributed by atoms with Crippen LogP contribution < -0.4 is 10.5 Å². The third kappa shape index (κ3) is 5.23. The first-order valence-electron chi connectivity index (χ1n) is 7.54. The van der Waals surface area contributed by atoms with E-state index in [0.29, 0.717) is 11.8 Å². The van der Waals surface area contributed by atoms with Gasteiger partial charge in [-0.2, -0.15) is 0 Å². The number of ether oxygens (including phenoxy) is 1. The molecule has 0 aromatic heterocycles. The van der Waals surface area contributed by atoms with Gasteiger partial charge in [0.25, 0.3) is 0 Å². The second-order valence-corrected chi connectivity index (χ2v) is 5.76. The van der Waals surface area contributed by atoms with Crippen molar-refractivity contribution in [1.82, 2.24) is 0 Å². The molecular formula is C17H29NO. The number of hydrogen-bond acceptors (Lipinski definition) is 2. The Balaban J connectivity index is 2.83. The number of hydrogen-bond donors (Lipinski definition) is 1. The molecule has 1 aromatic rings. The zero-order valence-electron chi connectivity index (χ0n) is 12.9. The minimum Gasteiger partial charge on any atom is -0.493 e. The van der Waals surface area contributed by atoms with E-state index in [4.69, 9.17) is 10.5 Å². The van der Waals surface area contributed by atoms with E-state index in [1.165, 1.54) is 11.1 Å². The summed E-state index contributed by atoms with van der Waals surface area (Å²) in [5.74, 6) is 2.19. The van der Waals surface area contributed by atoms with Crippen LogP contribution in [0.4, 0.5) is 0 Å². The van der Waals surface area contributed by atoms with Crippen molar-refractivity contribution >= 4 is 0 Å². The third-order valence-corrected chi connectivity index (χ3v) is 3.40. The first-order chi connectivity index (χ1) is 9.08. The Bertz CT molecular complexity index is 374. The molecule has 0 saturated carbocycles. The lowest BCUT2D eigenvalue weighted by Gasteiger charge is -2.17. The van der Waals surface area contributed by atoms with Gasteiger partial charge in [0.2, 0.25) is 0 Å². The van der Waals surface area contributed by atoms with Crippen molar-refractivity contribution in [3.63, 3.8) is 0 Å². The summed E-state index contributed by atoms with van der Waals surface area (Å²) in [6, 6.07) is 6.64. The van der Waals surface area contributed by atoms with Crippen LogP contribution in [0.3, 0.4) is 0 Å². The van der Waals surface area contributed by atoms with Crippen molar-refractivity contribution in [2.45, 2.75) is 52.9 Å². The lowest BCUT2D eigenvalue weighted by atomic mass is 9.93. The SMILES string of the molecule is CCCOc1ccc(CC(C)CCN)cc1C(C)C. The van der Waals surface area contributed by atoms with Gasteiger partial charge in [0.1, 0.15) is 5.75 Å². The molecule has 0 radical (unpaired) electrons. The number of benzene rings is 1. The predicted molar refractivity (Wildman–Crippen MR) is 82.9 cm³/mol. The van der Waals surface area contributed by atoms with E-state index in [2.05, 4.69) is 45.9 Å². The topological polar surface area (TPSA) is 35.2 Å².